The molecule has 6 nitrogen and oxygen atoms in total. The first-order chi connectivity index (χ1) is 8.59. The molecule has 6 heteroatoms. The molecule has 0 saturated carbocycles. The lowest BCUT2D eigenvalue weighted by atomic mass is 10.1. The molecule has 0 spiro atoms. The zero-order valence-electron chi connectivity index (χ0n) is 10.8. The van der Waals surface area contributed by atoms with Gasteiger partial charge in [0.25, 0.3) is 0 Å². The average molecular weight is 255 g/mol. The molecule has 2 heterocycles. The number of rotatable bonds is 3. The van der Waals surface area contributed by atoms with Crippen molar-refractivity contribution < 1.29 is 14.7 Å². The highest BCUT2D eigenvalue weighted by Crippen LogP contribution is 2.12. The van der Waals surface area contributed by atoms with Crippen LogP contribution in [0.3, 0.4) is 0 Å². The van der Waals surface area contributed by atoms with E-state index in [0.29, 0.717) is 26.2 Å². The molecule has 0 radical (unpaired) electrons. The molecular weight excluding hydrogens is 234 g/mol. The lowest BCUT2D eigenvalue weighted by molar-refractivity contribution is -0.144. The maximum absolute atomic E-state index is 12.1. The Labute approximate surface area is 107 Å². The summed E-state index contributed by atoms with van der Waals surface area (Å²) in [6, 6.07) is -0.486. The lowest BCUT2D eigenvalue weighted by Crippen LogP contribution is -2.55. The van der Waals surface area contributed by atoms with Gasteiger partial charge in [0, 0.05) is 26.2 Å². The molecule has 0 aromatic heterocycles. The van der Waals surface area contributed by atoms with Gasteiger partial charge in [-0.1, -0.05) is 0 Å². The zero-order chi connectivity index (χ0) is 13.1. The molecule has 0 aromatic rings. The van der Waals surface area contributed by atoms with E-state index in [1.807, 2.05) is 9.80 Å². The van der Waals surface area contributed by atoms with E-state index in [1.165, 1.54) is 0 Å². The van der Waals surface area contributed by atoms with Crippen LogP contribution in [0.4, 0.5) is 0 Å². The molecule has 0 aliphatic carbocycles. The molecule has 1 unspecified atom stereocenters. The number of nitrogens with one attached hydrogen (secondary N) is 1. The number of hydrogen-bond acceptors (Lipinski definition) is 4. The van der Waals surface area contributed by atoms with Crippen LogP contribution in [0.2, 0.25) is 0 Å². The van der Waals surface area contributed by atoms with Crippen LogP contribution in [0, 0.1) is 0 Å². The third-order valence-corrected chi connectivity index (χ3v) is 3.89. The van der Waals surface area contributed by atoms with Crippen molar-refractivity contribution in [3.63, 3.8) is 0 Å². The molecule has 2 aliphatic rings. The summed E-state index contributed by atoms with van der Waals surface area (Å²) in [4.78, 5) is 26.8. The second kappa shape index (κ2) is 5.67. The van der Waals surface area contributed by atoms with Gasteiger partial charge in [-0.3, -0.25) is 14.5 Å². The third-order valence-electron chi connectivity index (χ3n) is 3.89. The Morgan fingerprint density at radius 2 is 1.94 bits per heavy atom. The second-order valence-corrected chi connectivity index (χ2v) is 5.02. The Hall–Kier alpha value is -1.14. The van der Waals surface area contributed by atoms with Gasteiger partial charge >= 0.3 is 5.97 Å². The summed E-state index contributed by atoms with van der Waals surface area (Å²) in [5.74, 6) is -0.623. The van der Waals surface area contributed by atoms with Crippen LogP contribution in [-0.4, -0.2) is 71.6 Å². The minimum atomic E-state index is -0.799. The summed E-state index contributed by atoms with van der Waals surface area (Å²) in [6.45, 7) is 5.17. The molecule has 0 bridgehead atoms. The number of piperazine rings is 1. The highest BCUT2D eigenvalue weighted by atomic mass is 16.4. The van der Waals surface area contributed by atoms with Crippen molar-refractivity contribution in [1.82, 2.24) is 15.1 Å². The van der Waals surface area contributed by atoms with E-state index >= 15 is 0 Å². The smallest absolute Gasteiger partial charge is 0.320 e. The predicted molar refractivity (Wildman–Crippen MR) is 66.3 cm³/mol. The van der Waals surface area contributed by atoms with Gasteiger partial charge in [-0.15, -0.1) is 0 Å². The monoisotopic (exact) mass is 255 g/mol. The van der Waals surface area contributed by atoms with Gasteiger partial charge in [0.15, 0.2) is 0 Å². The van der Waals surface area contributed by atoms with Gasteiger partial charge in [-0.05, 0) is 26.3 Å². The molecule has 1 amide bonds. The Bertz CT molecular complexity index is 321. The number of amides is 1. The van der Waals surface area contributed by atoms with E-state index in [0.717, 1.165) is 19.4 Å². The number of aliphatic carboxylic acids is 1. The summed E-state index contributed by atoms with van der Waals surface area (Å²) < 4.78 is 0. The van der Waals surface area contributed by atoms with Gasteiger partial charge in [0.1, 0.15) is 6.04 Å². The van der Waals surface area contributed by atoms with Crippen molar-refractivity contribution in [2.45, 2.75) is 31.8 Å². The molecular formula is C12H21N3O3. The van der Waals surface area contributed by atoms with E-state index < -0.39 is 12.0 Å². The van der Waals surface area contributed by atoms with Crippen molar-refractivity contribution in [1.29, 1.82) is 0 Å². The highest BCUT2D eigenvalue weighted by Gasteiger charge is 2.31. The van der Waals surface area contributed by atoms with E-state index in [4.69, 9.17) is 5.11 Å². The number of nitrogens with zero attached hydrogens (tertiary/aromatic N) is 2. The Morgan fingerprint density at radius 3 is 2.44 bits per heavy atom. The highest BCUT2D eigenvalue weighted by molar-refractivity contribution is 5.82. The molecule has 102 valence electrons. The van der Waals surface area contributed by atoms with E-state index in [1.54, 1.807) is 6.92 Å². The fourth-order valence-corrected chi connectivity index (χ4v) is 2.60. The molecule has 0 aromatic carbocycles. The van der Waals surface area contributed by atoms with Crippen LogP contribution in [0.5, 0.6) is 0 Å². The first-order valence-electron chi connectivity index (χ1n) is 6.58. The Balaban J connectivity index is 1.82. The van der Waals surface area contributed by atoms with E-state index in [9.17, 15) is 9.59 Å². The van der Waals surface area contributed by atoms with Gasteiger partial charge in [-0.2, -0.15) is 0 Å². The third kappa shape index (κ3) is 2.81. The van der Waals surface area contributed by atoms with Crippen LogP contribution in [0.15, 0.2) is 0 Å². The SMILES string of the molecule is CC(C(=O)O)N1CCN(C(=O)[C@@H]2CCCN2)CC1. The number of carboxylic acids is 1. The van der Waals surface area contributed by atoms with Gasteiger partial charge < -0.3 is 15.3 Å². The van der Waals surface area contributed by atoms with Crippen LogP contribution in [-0.2, 0) is 9.59 Å². The molecule has 2 fully saturated rings. The van der Waals surface area contributed by atoms with Gasteiger partial charge in [-0.25, -0.2) is 0 Å². The normalized spacial score (nSPS) is 27.2. The molecule has 2 atom stereocenters. The van der Waals surface area contributed by atoms with E-state index in [2.05, 4.69) is 5.32 Å². The van der Waals surface area contributed by atoms with Crippen molar-refractivity contribution in [3.8, 4) is 0 Å². The van der Waals surface area contributed by atoms with Gasteiger partial charge in [0.2, 0.25) is 5.91 Å². The summed E-state index contributed by atoms with van der Waals surface area (Å²) >= 11 is 0. The number of carbonyl (C=O) groups is 2. The van der Waals surface area contributed by atoms with Crippen molar-refractivity contribution in [3.05, 3.63) is 0 Å². The molecule has 2 rings (SSSR count). The second-order valence-electron chi connectivity index (χ2n) is 5.02. The Morgan fingerprint density at radius 1 is 1.28 bits per heavy atom. The molecule has 2 N–H and O–H groups in total. The topological polar surface area (TPSA) is 72.9 Å². The fourth-order valence-electron chi connectivity index (χ4n) is 2.60. The maximum atomic E-state index is 12.1. The first kappa shape index (κ1) is 13.3. The van der Waals surface area contributed by atoms with Crippen molar-refractivity contribution in [2.75, 3.05) is 32.7 Å². The van der Waals surface area contributed by atoms with Crippen LogP contribution in [0.25, 0.3) is 0 Å². The Kier molecular flexibility index (Phi) is 4.19. The predicted octanol–water partition coefficient (Wildman–Crippen LogP) is -0.644. The molecule has 2 saturated heterocycles. The quantitative estimate of drug-likeness (QED) is 0.701. The largest absolute Gasteiger partial charge is 0.480 e. The lowest BCUT2D eigenvalue weighted by Gasteiger charge is -2.37. The standard InChI is InChI=1S/C12H21N3O3/c1-9(12(17)18)14-5-7-15(8-6-14)11(16)10-3-2-4-13-10/h9-10,13H,2-8H2,1H3,(H,17,18)/t9?,10-/m0/s1. The van der Waals surface area contributed by atoms with E-state index in [-0.39, 0.29) is 11.9 Å². The zero-order valence-corrected chi connectivity index (χ0v) is 10.8. The summed E-state index contributed by atoms with van der Waals surface area (Å²) in [6.07, 6.45) is 1.98. The fraction of sp³-hybridized carbons (Fsp3) is 0.833. The minimum Gasteiger partial charge on any atom is -0.480 e. The number of carbonyl (C=O) groups excluding carboxylic acids is 1. The maximum Gasteiger partial charge on any atom is 0.320 e. The molecule has 18 heavy (non-hydrogen) atoms. The number of carboxylic acid groups (broad SMARTS) is 1. The summed E-state index contributed by atoms with van der Waals surface area (Å²) in [5.41, 5.74) is 0. The van der Waals surface area contributed by atoms with Crippen LogP contribution < -0.4 is 5.32 Å². The summed E-state index contributed by atoms with van der Waals surface area (Å²) in [5, 5.41) is 12.2. The van der Waals surface area contributed by atoms with Gasteiger partial charge in [0.05, 0.1) is 6.04 Å². The minimum absolute atomic E-state index is 0.0200. The summed E-state index contributed by atoms with van der Waals surface area (Å²) in [7, 11) is 0. The first-order valence-corrected chi connectivity index (χ1v) is 6.58. The van der Waals surface area contributed by atoms with Crippen molar-refractivity contribution >= 4 is 11.9 Å². The average Bonchev–Trinajstić information content (AvgIpc) is 2.91. The molecule has 2 aliphatic heterocycles. The van der Waals surface area contributed by atoms with Crippen molar-refractivity contribution in [2.24, 2.45) is 0 Å². The van der Waals surface area contributed by atoms with Crippen LogP contribution in [0.1, 0.15) is 19.8 Å². The number of hydrogen-bond donors (Lipinski definition) is 2. The van der Waals surface area contributed by atoms with Crippen LogP contribution >= 0.6 is 0 Å².